The smallest absolute Gasteiger partial charge is 0.119 e. The minimum Gasteiger partial charge on any atom is -0.545 e. The molecule has 0 spiro atoms. The second-order valence-corrected chi connectivity index (χ2v) is 3.48. The molecule has 17 heavy (non-hydrogen) atoms. The van der Waals surface area contributed by atoms with Crippen LogP contribution in [0.2, 0.25) is 0 Å². The highest BCUT2D eigenvalue weighted by Crippen LogP contribution is 2.23. The summed E-state index contributed by atoms with van der Waals surface area (Å²) in [4.78, 5) is 14.6. The molecule has 86 valence electrons. The molecule has 0 aliphatic heterocycles. The number of carboxylic acid groups (broad SMARTS) is 1. The van der Waals surface area contributed by atoms with Gasteiger partial charge in [-0.2, -0.15) is 0 Å². The molecule has 0 N–H and O–H groups in total. The highest BCUT2D eigenvalue weighted by atomic mass is 16.5. The third-order valence-electron chi connectivity index (χ3n) is 2.38. The SMILES string of the molecule is COc1cccc(-c2cncc(C(=O)[O-])c2)c1. The molecule has 2 aromatic rings. The number of hydrogen-bond acceptors (Lipinski definition) is 4. The van der Waals surface area contributed by atoms with Crippen molar-refractivity contribution in [3.8, 4) is 16.9 Å². The Morgan fingerprint density at radius 1 is 1.24 bits per heavy atom. The number of carbonyl (C=O) groups is 1. The molecule has 0 bridgehead atoms. The number of aromatic nitrogens is 1. The van der Waals surface area contributed by atoms with Crippen molar-refractivity contribution in [3.63, 3.8) is 0 Å². The van der Waals surface area contributed by atoms with Gasteiger partial charge in [-0.3, -0.25) is 4.98 Å². The maximum atomic E-state index is 10.7. The van der Waals surface area contributed by atoms with Gasteiger partial charge < -0.3 is 14.6 Å². The van der Waals surface area contributed by atoms with Crippen LogP contribution < -0.4 is 9.84 Å². The molecule has 0 fully saturated rings. The van der Waals surface area contributed by atoms with E-state index in [0.29, 0.717) is 11.3 Å². The first-order valence-electron chi connectivity index (χ1n) is 5.01. The minimum atomic E-state index is -1.23. The number of carbonyl (C=O) groups excluding carboxylic acids is 1. The zero-order valence-corrected chi connectivity index (χ0v) is 9.21. The van der Waals surface area contributed by atoms with Crippen LogP contribution in [0.3, 0.4) is 0 Å². The molecular formula is C13H10NO3-. The zero-order chi connectivity index (χ0) is 12.3. The monoisotopic (exact) mass is 228 g/mol. The fraction of sp³-hybridized carbons (Fsp3) is 0.0769. The highest BCUT2D eigenvalue weighted by Gasteiger charge is 2.02. The van der Waals surface area contributed by atoms with E-state index in [1.54, 1.807) is 13.3 Å². The Hall–Kier alpha value is -2.36. The maximum Gasteiger partial charge on any atom is 0.119 e. The molecule has 4 heteroatoms. The summed E-state index contributed by atoms with van der Waals surface area (Å²) in [5.41, 5.74) is 1.62. The average molecular weight is 228 g/mol. The molecule has 0 saturated heterocycles. The van der Waals surface area contributed by atoms with Crippen molar-refractivity contribution in [2.75, 3.05) is 7.11 Å². The number of hydrogen-bond donors (Lipinski definition) is 0. The largest absolute Gasteiger partial charge is 0.545 e. The number of nitrogens with zero attached hydrogens (tertiary/aromatic N) is 1. The van der Waals surface area contributed by atoms with E-state index in [4.69, 9.17) is 4.74 Å². The summed E-state index contributed by atoms with van der Waals surface area (Å²) >= 11 is 0. The second-order valence-electron chi connectivity index (χ2n) is 3.48. The summed E-state index contributed by atoms with van der Waals surface area (Å²) in [5, 5.41) is 10.7. The van der Waals surface area contributed by atoms with Gasteiger partial charge in [0.05, 0.1) is 13.1 Å². The highest BCUT2D eigenvalue weighted by molar-refractivity contribution is 5.87. The average Bonchev–Trinajstić information content (AvgIpc) is 2.39. The number of ether oxygens (including phenoxy) is 1. The van der Waals surface area contributed by atoms with Gasteiger partial charge in [-0.05, 0) is 23.8 Å². The van der Waals surface area contributed by atoms with E-state index in [-0.39, 0.29) is 5.56 Å². The number of methoxy groups -OCH3 is 1. The summed E-state index contributed by atoms with van der Waals surface area (Å²) in [5.74, 6) is -0.524. The molecule has 2 rings (SSSR count). The van der Waals surface area contributed by atoms with E-state index in [1.807, 2.05) is 24.3 Å². The molecule has 0 aliphatic carbocycles. The minimum absolute atomic E-state index is 0.0605. The third-order valence-corrected chi connectivity index (χ3v) is 2.38. The summed E-state index contributed by atoms with van der Waals surface area (Å²) < 4.78 is 5.10. The standard InChI is InChI=1S/C13H11NO3/c1-17-12-4-2-3-9(6-12)10-5-11(13(15)16)8-14-7-10/h2-8H,1H3,(H,15,16)/p-1. The van der Waals surface area contributed by atoms with Crippen LogP contribution in [-0.4, -0.2) is 18.1 Å². The predicted octanol–water partition coefficient (Wildman–Crippen LogP) is 1.12. The van der Waals surface area contributed by atoms with Crippen LogP contribution in [0, 0.1) is 0 Å². The van der Waals surface area contributed by atoms with Crippen molar-refractivity contribution in [2.24, 2.45) is 0 Å². The van der Waals surface area contributed by atoms with Crippen LogP contribution in [0.5, 0.6) is 5.75 Å². The van der Waals surface area contributed by atoms with E-state index in [1.165, 1.54) is 12.3 Å². The number of benzene rings is 1. The summed E-state index contributed by atoms with van der Waals surface area (Å²) in [6.45, 7) is 0. The molecule has 0 atom stereocenters. The Labute approximate surface area is 98.5 Å². The van der Waals surface area contributed by atoms with Crippen LogP contribution in [0.1, 0.15) is 10.4 Å². The molecule has 1 aromatic heterocycles. The van der Waals surface area contributed by atoms with Crippen LogP contribution in [0.15, 0.2) is 42.7 Å². The Morgan fingerprint density at radius 3 is 2.76 bits per heavy atom. The quantitative estimate of drug-likeness (QED) is 0.789. The van der Waals surface area contributed by atoms with Gasteiger partial charge in [-0.25, -0.2) is 0 Å². The predicted molar refractivity (Wildman–Crippen MR) is 60.6 cm³/mol. The van der Waals surface area contributed by atoms with Crippen LogP contribution in [-0.2, 0) is 0 Å². The van der Waals surface area contributed by atoms with E-state index in [9.17, 15) is 9.90 Å². The Balaban J connectivity index is 2.45. The molecule has 1 aromatic carbocycles. The van der Waals surface area contributed by atoms with Gasteiger partial charge in [-0.15, -0.1) is 0 Å². The van der Waals surface area contributed by atoms with E-state index >= 15 is 0 Å². The molecular weight excluding hydrogens is 218 g/mol. The summed E-state index contributed by atoms with van der Waals surface area (Å²) in [6, 6.07) is 8.85. The Bertz CT molecular complexity index is 552. The molecule has 4 nitrogen and oxygen atoms in total. The van der Waals surface area contributed by atoms with E-state index in [2.05, 4.69) is 4.98 Å². The fourth-order valence-corrected chi connectivity index (χ4v) is 1.51. The zero-order valence-electron chi connectivity index (χ0n) is 9.21. The van der Waals surface area contributed by atoms with Crippen molar-refractivity contribution in [1.82, 2.24) is 4.98 Å². The second kappa shape index (κ2) is 4.65. The Morgan fingerprint density at radius 2 is 2.06 bits per heavy atom. The summed E-state index contributed by atoms with van der Waals surface area (Å²) in [6.07, 6.45) is 2.86. The van der Waals surface area contributed by atoms with Crippen LogP contribution in [0.4, 0.5) is 0 Å². The number of rotatable bonds is 3. The van der Waals surface area contributed by atoms with Gasteiger partial charge in [0.1, 0.15) is 5.75 Å². The van der Waals surface area contributed by atoms with E-state index in [0.717, 1.165) is 5.56 Å². The molecule has 0 saturated carbocycles. The van der Waals surface area contributed by atoms with Crippen LogP contribution in [0.25, 0.3) is 11.1 Å². The first-order valence-corrected chi connectivity index (χ1v) is 5.01. The lowest BCUT2D eigenvalue weighted by molar-refractivity contribution is -0.255. The van der Waals surface area contributed by atoms with E-state index < -0.39 is 5.97 Å². The normalized spacial score (nSPS) is 9.94. The number of pyridine rings is 1. The molecule has 0 radical (unpaired) electrons. The molecule has 0 amide bonds. The van der Waals surface area contributed by atoms with Gasteiger partial charge in [0.25, 0.3) is 0 Å². The van der Waals surface area contributed by atoms with Gasteiger partial charge in [0, 0.05) is 23.5 Å². The number of aromatic carboxylic acids is 1. The summed E-state index contributed by atoms with van der Waals surface area (Å²) in [7, 11) is 1.58. The lowest BCUT2D eigenvalue weighted by Crippen LogP contribution is -2.22. The van der Waals surface area contributed by atoms with Gasteiger partial charge in [0.2, 0.25) is 0 Å². The lowest BCUT2D eigenvalue weighted by atomic mass is 10.1. The maximum absolute atomic E-state index is 10.7. The van der Waals surface area contributed by atoms with Crippen molar-refractivity contribution in [1.29, 1.82) is 0 Å². The number of carboxylic acids is 1. The van der Waals surface area contributed by atoms with Gasteiger partial charge in [-0.1, -0.05) is 12.1 Å². The van der Waals surface area contributed by atoms with Crippen molar-refractivity contribution < 1.29 is 14.6 Å². The van der Waals surface area contributed by atoms with Gasteiger partial charge in [0.15, 0.2) is 0 Å². The molecule has 1 heterocycles. The first-order chi connectivity index (χ1) is 8.20. The molecule has 0 unspecified atom stereocenters. The topological polar surface area (TPSA) is 62.2 Å². The van der Waals surface area contributed by atoms with Crippen LogP contribution >= 0.6 is 0 Å². The Kier molecular flexibility index (Phi) is 3.05. The fourth-order valence-electron chi connectivity index (χ4n) is 1.51. The van der Waals surface area contributed by atoms with Crippen molar-refractivity contribution in [2.45, 2.75) is 0 Å². The van der Waals surface area contributed by atoms with Crippen molar-refractivity contribution in [3.05, 3.63) is 48.3 Å². The van der Waals surface area contributed by atoms with Crippen molar-refractivity contribution >= 4 is 5.97 Å². The lowest BCUT2D eigenvalue weighted by Gasteiger charge is -2.07. The third kappa shape index (κ3) is 2.42. The first kappa shape index (κ1) is 11.1. The molecule has 0 aliphatic rings. The van der Waals surface area contributed by atoms with Gasteiger partial charge >= 0.3 is 0 Å².